The molecule has 1 aromatic carbocycles. The minimum Gasteiger partial charge on any atom is -0.487 e. The number of ether oxygens (including phenoxy) is 4. The number of benzene rings is 1. The summed E-state index contributed by atoms with van der Waals surface area (Å²) in [6, 6.07) is 7.60. The molecule has 3 atom stereocenters. The lowest BCUT2D eigenvalue weighted by atomic mass is 9.89. The maximum atomic E-state index is 7.34. The van der Waals surface area contributed by atoms with E-state index in [1.54, 1.807) is 18.5 Å². The Hall–Kier alpha value is -3.85. The van der Waals surface area contributed by atoms with Gasteiger partial charge in [-0.25, -0.2) is 15.0 Å². The highest BCUT2D eigenvalue weighted by molar-refractivity contribution is 6.32. The average Bonchev–Trinajstić information content (AvgIpc) is 3.60. The van der Waals surface area contributed by atoms with E-state index in [0.29, 0.717) is 72.5 Å². The highest BCUT2D eigenvalue weighted by Crippen LogP contribution is 2.40. The maximum Gasteiger partial charge on any atom is 0.256 e. The molecular weight excluding hydrogens is 636 g/mol. The van der Waals surface area contributed by atoms with Crippen molar-refractivity contribution >= 4 is 29.6 Å². The number of halogens is 1. The van der Waals surface area contributed by atoms with E-state index in [1.807, 2.05) is 25.3 Å². The molecule has 3 aliphatic heterocycles. The Morgan fingerprint density at radius 1 is 1.02 bits per heavy atom. The van der Waals surface area contributed by atoms with Gasteiger partial charge in [-0.05, 0) is 63.1 Å². The van der Waals surface area contributed by atoms with Gasteiger partial charge in [0.1, 0.15) is 23.9 Å². The van der Waals surface area contributed by atoms with Crippen LogP contribution in [0.1, 0.15) is 51.5 Å². The molecule has 3 saturated heterocycles. The lowest BCUT2D eigenvalue weighted by Gasteiger charge is -2.43. The summed E-state index contributed by atoms with van der Waals surface area (Å²) in [6.45, 7) is 5.80. The molecular formula is C33H43ClN10O4. The van der Waals surface area contributed by atoms with Crippen molar-refractivity contribution in [2.45, 2.75) is 75.7 Å². The predicted octanol–water partition coefficient (Wildman–Crippen LogP) is 5.73. The van der Waals surface area contributed by atoms with E-state index in [0.717, 1.165) is 49.2 Å². The lowest BCUT2D eigenvalue weighted by molar-refractivity contribution is -0.0515. The molecule has 14 nitrogen and oxygen atoms in total. The average molecular weight is 679 g/mol. The molecule has 4 fully saturated rings. The van der Waals surface area contributed by atoms with Crippen molar-refractivity contribution in [1.82, 2.24) is 29.7 Å². The van der Waals surface area contributed by atoms with Gasteiger partial charge in [0, 0.05) is 42.0 Å². The minimum absolute atomic E-state index is 0.240. The number of hydrogen-bond acceptors (Lipinski definition) is 12. The molecule has 1 saturated carbocycles. The molecule has 2 bridgehead atoms. The molecule has 48 heavy (non-hydrogen) atoms. The molecule has 5 heterocycles. The quantitative estimate of drug-likeness (QED) is 0.0832. The Bertz CT molecular complexity index is 1540. The zero-order valence-corrected chi connectivity index (χ0v) is 27.9. The Kier molecular flexibility index (Phi) is 10.0. The van der Waals surface area contributed by atoms with Crippen LogP contribution in [-0.2, 0) is 9.47 Å². The Morgan fingerprint density at radius 3 is 2.38 bits per heavy atom. The number of nitrogens with zero attached hydrogens (tertiary/aromatic N) is 7. The Labute approximate surface area is 285 Å². The first kappa shape index (κ1) is 32.7. The molecule has 2 aromatic heterocycles. The van der Waals surface area contributed by atoms with E-state index in [1.165, 1.54) is 30.7 Å². The summed E-state index contributed by atoms with van der Waals surface area (Å²) in [5, 5.41) is 20.5. The molecule has 7 rings (SSSR count). The summed E-state index contributed by atoms with van der Waals surface area (Å²) in [4.78, 5) is 12.0. The number of fused-ring (bicyclic) bond motifs is 2. The second kappa shape index (κ2) is 14.7. The monoisotopic (exact) mass is 678 g/mol. The molecule has 15 heteroatoms. The second-order valence-electron chi connectivity index (χ2n) is 13.2. The van der Waals surface area contributed by atoms with E-state index in [-0.39, 0.29) is 12.6 Å². The Morgan fingerprint density at radius 2 is 1.71 bits per heavy atom. The van der Waals surface area contributed by atoms with Gasteiger partial charge >= 0.3 is 0 Å². The number of anilines is 2. The van der Waals surface area contributed by atoms with Crippen LogP contribution < -0.4 is 14.8 Å². The third-order valence-corrected chi connectivity index (χ3v) is 10.1. The molecule has 0 amide bonds. The first-order chi connectivity index (χ1) is 23.5. The summed E-state index contributed by atoms with van der Waals surface area (Å²) in [6.07, 6.45) is 13.2. The van der Waals surface area contributed by atoms with Crippen molar-refractivity contribution in [2.24, 2.45) is 11.1 Å². The van der Waals surface area contributed by atoms with Gasteiger partial charge in [-0.2, -0.15) is 5.53 Å². The largest absolute Gasteiger partial charge is 0.487 e. The summed E-state index contributed by atoms with van der Waals surface area (Å²) in [5.41, 5.74) is 9.52. The fraction of sp³-hybridized carbons (Fsp3) is 0.576. The maximum absolute atomic E-state index is 7.34. The van der Waals surface area contributed by atoms with Crippen LogP contribution in [0.5, 0.6) is 11.6 Å². The van der Waals surface area contributed by atoms with Crippen LogP contribution in [0.25, 0.3) is 11.1 Å². The first-order valence-electron chi connectivity index (χ1n) is 16.8. The zero-order chi connectivity index (χ0) is 33.0. The standard InChI is InChI=1S/C33H43ClN10O4/c1-21(13-42(20-35)41-36)48-31-10-23(2-9-29(31)34)24-11-37-33(38-12-24)39-30-14-43(40-32(30)47-17-22-15-45-16-22)25-3-5-26(6-4-25)44-27-7-8-28(44)19-46-18-27/h2,9-12,14,20-22,25-28,35-36H,3-8,13,15-19H2,1H3,(H,37,38,39)/t21-,25?,26?,27?,28?/m0/s1. The fourth-order valence-electron chi connectivity index (χ4n) is 7.28. The van der Waals surface area contributed by atoms with Gasteiger partial charge in [-0.15, -0.1) is 5.10 Å². The van der Waals surface area contributed by atoms with Crippen LogP contribution in [0.2, 0.25) is 5.02 Å². The van der Waals surface area contributed by atoms with E-state index in [4.69, 9.17) is 46.6 Å². The molecule has 4 aliphatic rings. The minimum atomic E-state index is -0.361. The van der Waals surface area contributed by atoms with Gasteiger partial charge in [-0.3, -0.25) is 15.0 Å². The van der Waals surface area contributed by atoms with Crippen molar-refractivity contribution in [3.63, 3.8) is 0 Å². The fourth-order valence-corrected chi connectivity index (χ4v) is 7.45. The van der Waals surface area contributed by atoms with Crippen LogP contribution in [0.3, 0.4) is 0 Å². The molecule has 0 spiro atoms. The van der Waals surface area contributed by atoms with Crippen molar-refractivity contribution in [2.75, 3.05) is 44.9 Å². The van der Waals surface area contributed by atoms with Crippen LogP contribution in [-0.4, -0.2) is 99.8 Å². The zero-order valence-electron chi connectivity index (χ0n) is 27.1. The molecule has 0 radical (unpaired) electrons. The summed E-state index contributed by atoms with van der Waals surface area (Å²) in [7, 11) is 0. The summed E-state index contributed by atoms with van der Waals surface area (Å²) in [5.74, 6) is 1.84. The van der Waals surface area contributed by atoms with Gasteiger partial charge in [0.25, 0.3) is 5.88 Å². The van der Waals surface area contributed by atoms with Crippen LogP contribution in [0.15, 0.2) is 42.0 Å². The van der Waals surface area contributed by atoms with Crippen LogP contribution in [0.4, 0.5) is 11.6 Å². The number of aromatic nitrogens is 4. The topological polar surface area (TPSA) is 159 Å². The summed E-state index contributed by atoms with van der Waals surface area (Å²) >= 11 is 6.42. The smallest absolute Gasteiger partial charge is 0.256 e. The second-order valence-corrected chi connectivity index (χ2v) is 13.6. The van der Waals surface area contributed by atoms with Crippen molar-refractivity contribution in [3.05, 3.63) is 41.8 Å². The van der Waals surface area contributed by atoms with Crippen LogP contribution in [0, 0.1) is 16.9 Å². The number of nitrogens with one attached hydrogen (secondary N) is 3. The third-order valence-electron chi connectivity index (χ3n) is 9.83. The number of hydrogen-bond donors (Lipinski definition) is 3. The van der Waals surface area contributed by atoms with Crippen LogP contribution >= 0.6 is 11.6 Å². The lowest BCUT2D eigenvalue weighted by Crippen LogP contribution is -2.52. The molecule has 3 N–H and O–H groups in total. The molecule has 3 aromatic rings. The number of morpholine rings is 1. The normalized spacial score (nSPS) is 24.8. The highest BCUT2D eigenvalue weighted by atomic mass is 35.5. The van der Waals surface area contributed by atoms with Crippen molar-refractivity contribution < 1.29 is 18.9 Å². The molecule has 2 unspecified atom stereocenters. The Balaban J connectivity index is 1.02. The van der Waals surface area contributed by atoms with E-state index < -0.39 is 0 Å². The summed E-state index contributed by atoms with van der Waals surface area (Å²) < 4.78 is 25.5. The van der Waals surface area contributed by atoms with Gasteiger partial charge in [0.15, 0.2) is 0 Å². The van der Waals surface area contributed by atoms with E-state index in [9.17, 15) is 0 Å². The van der Waals surface area contributed by atoms with Gasteiger partial charge in [-0.1, -0.05) is 22.9 Å². The molecule has 1 aliphatic carbocycles. The first-order valence-corrected chi connectivity index (χ1v) is 17.2. The van der Waals surface area contributed by atoms with Gasteiger partial charge in [0.2, 0.25) is 5.95 Å². The van der Waals surface area contributed by atoms with Crippen molar-refractivity contribution in [1.29, 1.82) is 10.9 Å². The van der Waals surface area contributed by atoms with Gasteiger partial charge < -0.3 is 24.3 Å². The van der Waals surface area contributed by atoms with E-state index in [2.05, 4.69) is 30.1 Å². The highest BCUT2D eigenvalue weighted by Gasteiger charge is 2.42. The SMILES string of the molecule is C[C@@H](CN(C=N)N=N)Oc1cc(-c2cnc(Nc3cn(C4CCC(N5C6CCC5COC6)CC4)nc3OCC3COC3)nc2)ccc1Cl. The number of rotatable bonds is 14. The van der Waals surface area contributed by atoms with Crippen molar-refractivity contribution in [3.8, 4) is 22.8 Å². The predicted molar refractivity (Wildman–Crippen MR) is 179 cm³/mol. The van der Waals surface area contributed by atoms with Gasteiger partial charge in [0.05, 0.1) is 56.8 Å². The third kappa shape index (κ3) is 7.26. The van der Waals surface area contributed by atoms with E-state index >= 15 is 0 Å². The molecule has 256 valence electrons.